The van der Waals surface area contributed by atoms with Crippen LogP contribution in [0, 0.1) is 6.92 Å². The van der Waals surface area contributed by atoms with Crippen molar-refractivity contribution in [1.82, 2.24) is 4.57 Å². The summed E-state index contributed by atoms with van der Waals surface area (Å²) in [4.78, 5) is 0. The second kappa shape index (κ2) is 6.56. The molecule has 2 aromatic carbocycles. The Labute approximate surface area is 131 Å². The van der Waals surface area contributed by atoms with Crippen LogP contribution in [-0.2, 0) is 6.54 Å². The average Bonchev–Trinajstić information content (AvgIpc) is 2.94. The minimum atomic E-state index is 0.722. The maximum absolute atomic E-state index is 5.80. The maximum Gasteiger partial charge on any atom is 0.119 e. The monoisotopic (exact) mass is 295 g/mol. The number of hydrogen-bond donors (Lipinski definition) is 0. The Hall–Kier alpha value is -2.42. The van der Waals surface area contributed by atoms with Crippen molar-refractivity contribution in [1.29, 1.82) is 0 Å². The van der Waals surface area contributed by atoms with E-state index in [1.807, 2.05) is 18.2 Å². The molecule has 0 fully saturated rings. The fraction of sp³-hybridized carbons (Fsp3) is 0.263. The van der Waals surface area contributed by atoms with Crippen LogP contribution < -0.4 is 9.47 Å². The lowest BCUT2D eigenvalue weighted by Gasteiger charge is -2.09. The molecule has 0 radical (unpaired) electrons. The molecule has 0 aliphatic rings. The molecule has 22 heavy (non-hydrogen) atoms. The highest BCUT2D eigenvalue weighted by Crippen LogP contribution is 2.22. The predicted octanol–water partition coefficient (Wildman–Crippen LogP) is 4.43. The van der Waals surface area contributed by atoms with E-state index in [9.17, 15) is 0 Å². The minimum absolute atomic E-state index is 0.722. The van der Waals surface area contributed by atoms with Gasteiger partial charge in [0.1, 0.15) is 11.5 Å². The highest BCUT2D eigenvalue weighted by Gasteiger charge is 2.02. The molecule has 3 aromatic rings. The number of rotatable bonds is 6. The van der Waals surface area contributed by atoms with Crippen molar-refractivity contribution in [3.63, 3.8) is 0 Å². The van der Waals surface area contributed by atoms with Crippen LogP contribution in [0.15, 0.2) is 54.7 Å². The number of methoxy groups -OCH3 is 1. The van der Waals surface area contributed by atoms with Gasteiger partial charge in [0.15, 0.2) is 0 Å². The zero-order chi connectivity index (χ0) is 15.4. The molecular formula is C19H21NO2. The molecule has 0 aliphatic carbocycles. The first-order valence-electron chi connectivity index (χ1n) is 7.58. The van der Waals surface area contributed by atoms with Crippen LogP contribution in [0.25, 0.3) is 10.9 Å². The van der Waals surface area contributed by atoms with E-state index in [0.717, 1.165) is 31.1 Å². The molecule has 0 aliphatic heterocycles. The van der Waals surface area contributed by atoms with E-state index in [0.29, 0.717) is 0 Å². The summed E-state index contributed by atoms with van der Waals surface area (Å²) < 4.78 is 13.3. The smallest absolute Gasteiger partial charge is 0.119 e. The lowest BCUT2D eigenvalue weighted by molar-refractivity contribution is 0.302. The minimum Gasteiger partial charge on any atom is -0.497 e. The zero-order valence-corrected chi connectivity index (χ0v) is 13.1. The van der Waals surface area contributed by atoms with Gasteiger partial charge in [-0.2, -0.15) is 0 Å². The molecule has 1 aromatic heterocycles. The van der Waals surface area contributed by atoms with Crippen molar-refractivity contribution in [3.8, 4) is 11.5 Å². The van der Waals surface area contributed by atoms with Gasteiger partial charge in [0.05, 0.1) is 13.7 Å². The fourth-order valence-electron chi connectivity index (χ4n) is 2.63. The normalized spacial score (nSPS) is 10.8. The van der Waals surface area contributed by atoms with E-state index >= 15 is 0 Å². The van der Waals surface area contributed by atoms with E-state index in [1.54, 1.807) is 7.11 Å². The Kier molecular flexibility index (Phi) is 4.33. The van der Waals surface area contributed by atoms with Crippen LogP contribution in [0.2, 0.25) is 0 Å². The van der Waals surface area contributed by atoms with Crippen molar-refractivity contribution in [2.24, 2.45) is 0 Å². The topological polar surface area (TPSA) is 23.4 Å². The Morgan fingerprint density at radius 1 is 1.00 bits per heavy atom. The summed E-state index contributed by atoms with van der Waals surface area (Å²) in [6.45, 7) is 3.74. The zero-order valence-electron chi connectivity index (χ0n) is 13.1. The van der Waals surface area contributed by atoms with Crippen molar-refractivity contribution in [2.75, 3.05) is 13.7 Å². The van der Waals surface area contributed by atoms with Gasteiger partial charge >= 0.3 is 0 Å². The third-order valence-electron chi connectivity index (χ3n) is 3.78. The Balaban J connectivity index is 1.58. The van der Waals surface area contributed by atoms with Gasteiger partial charge < -0.3 is 14.0 Å². The lowest BCUT2D eigenvalue weighted by Crippen LogP contribution is -2.03. The molecule has 0 spiro atoms. The number of nitrogens with zero attached hydrogens (tertiary/aromatic N) is 1. The molecule has 0 atom stereocenters. The van der Waals surface area contributed by atoms with Gasteiger partial charge in [-0.3, -0.25) is 0 Å². The van der Waals surface area contributed by atoms with Crippen LogP contribution in [0.3, 0.4) is 0 Å². The van der Waals surface area contributed by atoms with Crippen LogP contribution in [-0.4, -0.2) is 18.3 Å². The third-order valence-corrected chi connectivity index (χ3v) is 3.78. The summed E-state index contributed by atoms with van der Waals surface area (Å²) in [7, 11) is 1.70. The molecule has 114 valence electrons. The molecule has 0 unspecified atom stereocenters. The fourth-order valence-corrected chi connectivity index (χ4v) is 2.63. The standard InChI is InChI=1S/C19H21NO2/c1-15-5-3-6-18(13-15)22-12-4-10-20-11-9-16-14-17(21-2)7-8-19(16)20/h3,5-9,11,13-14H,4,10,12H2,1-2H3. The van der Waals surface area contributed by atoms with E-state index in [1.165, 1.54) is 16.5 Å². The second-order valence-corrected chi connectivity index (χ2v) is 5.45. The maximum atomic E-state index is 5.80. The lowest BCUT2D eigenvalue weighted by atomic mass is 10.2. The third kappa shape index (κ3) is 3.25. The molecule has 0 bridgehead atoms. The van der Waals surface area contributed by atoms with Gasteiger partial charge in [0.25, 0.3) is 0 Å². The number of ether oxygens (including phenoxy) is 2. The average molecular weight is 295 g/mol. The quantitative estimate of drug-likeness (QED) is 0.628. The summed E-state index contributed by atoms with van der Waals surface area (Å²) in [5, 5.41) is 1.21. The van der Waals surface area contributed by atoms with Gasteiger partial charge in [0.2, 0.25) is 0 Å². The van der Waals surface area contributed by atoms with Crippen molar-refractivity contribution >= 4 is 10.9 Å². The summed E-state index contributed by atoms with van der Waals surface area (Å²) in [6, 6.07) is 16.5. The Morgan fingerprint density at radius 3 is 2.73 bits per heavy atom. The van der Waals surface area contributed by atoms with E-state index in [-0.39, 0.29) is 0 Å². The number of hydrogen-bond acceptors (Lipinski definition) is 2. The molecule has 0 saturated carbocycles. The summed E-state index contributed by atoms with van der Waals surface area (Å²) >= 11 is 0. The number of benzene rings is 2. The van der Waals surface area contributed by atoms with Crippen LogP contribution in [0.4, 0.5) is 0 Å². The van der Waals surface area contributed by atoms with Gasteiger partial charge in [-0.1, -0.05) is 12.1 Å². The second-order valence-electron chi connectivity index (χ2n) is 5.45. The molecule has 1 heterocycles. The first kappa shape index (κ1) is 14.5. The largest absolute Gasteiger partial charge is 0.497 e. The summed E-state index contributed by atoms with van der Waals surface area (Å²) in [6.07, 6.45) is 3.10. The highest BCUT2D eigenvalue weighted by molar-refractivity contribution is 5.81. The van der Waals surface area contributed by atoms with Crippen LogP contribution >= 0.6 is 0 Å². The van der Waals surface area contributed by atoms with Gasteiger partial charge in [-0.05, 0) is 55.3 Å². The Morgan fingerprint density at radius 2 is 1.91 bits per heavy atom. The molecular weight excluding hydrogens is 274 g/mol. The van der Waals surface area contributed by atoms with Crippen LogP contribution in [0.5, 0.6) is 11.5 Å². The van der Waals surface area contributed by atoms with Gasteiger partial charge in [-0.15, -0.1) is 0 Å². The summed E-state index contributed by atoms with van der Waals surface area (Å²) in [5.74, 6) is 1.84. The SMILES string of the molecule is COc1ccc2c(ccn2CCCOc2cccc(C)c2)c1. The number of aryl methyl sites for hydroxylation is 2. The molecule has 3 nitrogen and oxygen atoms in total. The summed E-state index contributed by atoms with van der Waals surface area (Å²) in [5.41, 5.74) is 2.46. The van der Waals surface area contributed by atoms with Crippen molar-refractivity contribution in [2.45, 2.75) is 19.9 Å². The molecule has 0 amide bonds. The predicted molar refractivity (Wildman–Crippen MR) is 89.8 cm³/mol. The molecule has 0 saturated heterocycles. The molecule has 3 rings (SSSR count). The molecule has 0 N–H and O–H groups in total. The number of aromatic nitrogens is 1. The first-order chi connectivity index (χ1) is 10.8. The van der Waals surface area contributed by atoms with Crippen molar-refractivity contribution < 1.29 is 9.47 Å². The van der Waals surface area contributed by atoms with Crippen LogP contribution in [0.1, 0.15) is 12.0 Å². The van der Waals surface area contributed by atoms with Crippen molar-refractivity contribution in [3.05, 3.63) is 60.3 Å². The Bertz CT molecular complexity index is 761. The van der Waals surface area contributed by atoms with Gasteiger partial charge in [-0.25, -0.2) is 0 Å². The van der Waals surface area contributed by atoms with Gasteiger partial charge in [0, 0.05) is 23.6 Å². The van der Waals surface area contributed by atoms with E-state index in [4.69, 9.17) is 9.47 Å². The van der Waals surface area contributed by atoms with E-state index < -0.39 is 0 Å². The molecule has 3 heteroatoms. The van der Waals surface area contributed by atoms with E-state index in [2.05, 4.69) is 48.0 Å². The first-order valence-corrected chi connectivity index (χ1v) is 7.58. The highest BCUT2D eigenvalue weighted by atomic mass is 16.5. The number of fused-ring (bicyclic) bond motifs is 1.